The average Bonchev–Trinajstić information content (AvgIpc) is 2.88. The van der Waals surface area contributed by atoms with Gasteiger partial charge in [-0.1, -0.05) is 12.1 Å². The van der Waals surface area contributed by atoms with E-state index >= 15 is 0 Å². The number of nitrogens with zero attached hydrogens (tertiary/aromatic N) is 1. The molecule has 0 radical (unpaired) electrons. The van der Waals surface area contributed by atoms with Crippen LogP contribution >= 0.6 is 11.3 Å². The van der Waals surface area contributed by atoms with Gasteiger partial charge in [-0.15, -0.1) is 11.3 Å². The van der Waals surface area contributed by atoms with Crippen molar-refractivity contribution in [3.8, 4) is 5.75 Å². The summed E-state index contributed by atoms with van der Waals surface area (Å²) in [6.07, 6.45) is 0.734. The van der Waals surface area contributed by atoms with E-state index in [9.17, 15) is 9.59 Å². The molecule has 0 spiro atoms. The molecule has 0 saturated heterocycles. The number of carbonyl (C=O) groups is 2. The molecule has 5 nitrogen and oxygen atoms in total. The molecular weight excluding hydrogens is 290 g/mol. The molecular formula is C15H13NO4S. The SMILES string of the molecule is O=C(O)c1ccc(C(=O)N2CCCOc3ccccc32)s1. The number of fused-ring (bicyclic) bond motifs is 1. The zero-order chi connectivity index (χ0) is 14.8. The van der Waals surface area contributed by atoms with Gasteiger partial charge in [0.25, 0.3) is 5.91 Å². The minimum Gasteiger partial charge on any atom is -0.491 e. The molecule has 0 aliphatic carbocycles. The van der Waals surface area contributed by atoms with Gasteiger partial charge in [-0.2, -0.15) is 0 Å². The van der Waals surface area contributed by atoms with E-state index in [1.807, 2.05) is 24.3 Å². The predicted molar refractivity (Wildman–Crippen MR) is 79.5 cm³/mol. The first-order chi connectivity index (χ1) is 10.2. The highest BCUT2D eigenvalue weighted by molar-refractivity contribution is 7.16. The fraction of sp³-hybridized carbons (Fsp3) is 0.200. The summed E-state index contributed by atoms with van der Waals surface area (Å²) < 4.78 is 5.62. The van der Waals surface area contributed by atoms with E-state index in [1.165, 1.54) is 6.07 Å². The quantitative estimate of drug-likeness (QED) is 0.926. The van der Waals surface area contributed by atoms with Crippen molar-refractivity contribution >= 4 is 28.9 Å². The second-order valence-corrected chi connectivity index (χ2v) is 5.68. The van der Waals surface area contributed by atoms with Gasteiger partial charge < -0.3 is 14.7 Å². The zero-order valence-electron chi connectivity index (χ0n) is 11.1. The van der Waals surface area contributed by atoms with Crippen molar-refractivity contribution in [3.05, 3.63) is 46.2 Å². The minimum absolute atomic E-state index is 0.165. The van der Waals surface area contributed by atoms with E-state index < -0.39 is 5.97 Å². The number of para-hydroxylation sites is 2. The number of amides is 1. The molecule has 3 rings (SSSR count). The van der Waals surface area contributed by atoms with Gasteiger partial charge in [-0.25, -0.2) is 4.79 Å². The Morgan fingerprint density at radius 1 is 1.14 bits per heavy atom. The summed E-state index contributed by atoms with van der Waals surface area (Å²) in [5.41, 5.74) is 0.727. The highest BCUT2D eigenvalue weighted by Gasteiger charge is 2.24. The van der Waals surface area contributed by atoms with Crippen molar-refractivity contribution in [2.24, 2.45) is 0 Å². The summed E-state index contributed by atoms with van der Waals surface area (Å²) >= 11 is 0.993. The van der Waals surface area contributed by atoms with Crippen LogP contribution in [0.5, 0.6) is 5.75 Å². The lowest BCUT2D eigenvalue weighted by Crippen LogP contribution is -2.30. The van der Waals surface area contributed by atoms with Crippen molar-refractivity contribution in [3.63, 3.8) is 0 Å². The van der Waals surface area contributed by atoms with Crippen molar-refractivity contribution in [1.82, 2.24) is 0 Å². The molecule has 1 aliphatic rings. The Balaban J connectivity index is 1.95. The maximum Gasteiger partial charge on any atom is 0.345 e. The third kappa shape index (κ3) is 2.62. The first kappa shape index (κ1) is 13.6. The minimum atomic E-state index is -1.02. The lowest BCUT2D eigenvalue weighted by atomic mass is 10.2. The van der Waals surface area contributed by atoms with E-state index in [0.29, 0.717) is 23.8 Å². The molecule has 2 heterocycles. The predicted octanol–water partition coefficient (Wildman–Crippen LogP) is 2.88. The largest absolute Gasteiger partial charge is 0.491 e. The van der Waals surface area contributed by atoms with Gasteiger partial charge in [-0.05, 0) is 30.7 Å². The summed E-state index contributed by atoms with van der Waals surface area (Å²) in [6.45, 7) is 1.11. The highest BCUT2D eigenvalue weighted by atomic mass is 32.1. The van der Waals surface area contributed by atoms with Gasteiger partial charge >= 0.3 is 5.97 Å². The lowest BCUT2D eigenvalue weighted by Gasteiger charge is -2.20. The van der Waals surface area contributed by atoms with Crippen LogP contribution in [0.3, 0.4) is 0 Å². The molecule has 0 unspecified atom stereocenters. The fourth-order valence-corrected chi connectivity index (χ4v) is 3.03. The molecule has 1 aliphatic heterocycles. The normalized spacial score (nSPS) is 14.0. The first-order valence-electron chi connectivity index (χ1n) is 6.53. The van der Waals surface area contributed by atoms with Crippen LogP contribution in [0.25, 0.3) is 0 Å². The number of hydrogen-bond donors (Lipinski definition) is 1. The van der Waals surface area contributed by atoms with Crippen LogP contribution in [0, 0.1) is 0 Å². The number of carbonyl (C=O) groups excluding carboxylic acids is 1. The highest BCUT2D eigenvalue weighted by Crippen LogP contribution is 2.32. The topological polar surface area (TPSA) is 66.8 Å². The third-order valence-electron chi connectivity index (χ3n) is 3.21. The summed E-state index contributed by atoms with van der Waals surface area (Å²) in [5, 5.41) is 8.96. The Morgan fingerprint density at radius 3 is 2.67 bits per heavy atom. The monoisotopic (exact) mass is 303 g/mol. The van der Waals surface area contributed by atoms with Crippen molar-refractivity contribution in [2.75, 3.05) is 18.1 Å². The Hall–Kier alpha value is -2.34. The Labute approximate surface area is 125 Å². The Bertz CT molecular complexity index is 694. The van der Waals surface area contributed by atoms with Gasteiger partial charge in [-0.3, -0.25) is 4.79 Å². The molecule has 0 bridgehead atoms. The van der Waals surface area contributed by atoms with E-state index in [2.05, 4.69) is 0 Å². The van der Waals surface area contributed by atoms with Crippen molar-refractivity contribution in [2.45, 2.75) is 6.42 Å². The number of benzene rings is 1. The molecule has 0 fully saturated rings. The van der Waals surface area contributed by atoms with Crippen molar-refractivity contribution < 1.29 is 19.4 Å². The molecule has 0 saturated carbocycles. The zero-order valence-corrected chi connectivity index (χ0v) is 11.9. The van der Waals surface area contributed by atoms with Gasteiger partial charge in [0.05, 0.1) is 17.2 Å². The Kier molecular flexibility index (Phi) is 3.62. The summed E-state index contributed by atoms with van der Waals surface area (Å²) in [5.74, 6) is -0.525. The number of rotatable bonds is 2. The second kappa shape index (κ2) is 5.57. The summed E-state index contributed by atoms with van der Waals surface area (Å²) in [6, 6.07) is 10.4. The van der Waals surface area contributed by atoms with Crippen LogP contribution in [0.4, 0.5) is 5.69 Å². The molecule has 0 atom stereocenters. The van der Waals surface area contributed by atoms with Crippen LogP contribution in [-0.4, -0.2) is 30.1 Å². The molecule has 21 heavy (non-hydrogen) atoms. The number of aromatic carboxylic acids is 1. The average molecular weight is 303 g/mol. The lowest BCUT2D eigenvalue weighted by molar-refractivity contribution is 0.0702. The molecule has 1 N–H and O–H groups in total. The number of carboxylic acid groups (broad SMARTS) is 1. The number of carboxylic acids is 1. The van der Waals surface area contributed by atoms with Gasteiger partial charge in [0.15, 0.2) is 0 Å². The molecule has 6 heteroatoms. The van der Waals surface area contributed by atoms with Crippen LogP contribution < -0.4 is 9.64 Å². The molecule has 1 aromatic heterocycles. The number of ether oxygens (including phenoxy) is 1. The van der Waals surface area contributed by atoms with Crippen LogP contribution in [-0.2, 0) is 0 Å². The molecule has 2 aromatic rings. The van der Waals surface area contributed by atoms with Gasteiger partial charge in [0, 0.05) is 6.54 Å². The fourth-order valence-electron chi connectivity index (χ4n) is 2.24. The van der Waals surface area contributed by atoms with Crippen LogP contribution in [0.1, 0.15) is 25.8 Å². The molecule has 1 aromatic carbocycles. The standard InChI is InChI=1S/C15H13NO4S/c17-14(12-6-7-13(21-12)15(18)19)16-8-3-9-20-11-5-2-1-4-10(11)16/h1-2,4-7H,3,8-9H2,(H,18,19). The van der Waals surface area contributed by atoms with Gasteiger partial charge in [0.1, 0.15) is 10.6 Å². The number of anilines is 1. The van der Waals surface area contributed by atoms with E-state index in [-0.39, 0.29) is 10.8 Å². The maximum atomic E-state index is 12.6. The Morgan fingerprint density at radius 2 is 1.90 bits per heavy atom. The smallest absolute Gasteiger partial charge is 0.345 e. The van der Waals surface area contributed by atoms with E-state index in [4.69, 9.17) is 9.84 Å². The second-order valence-electron chi connectivity index (χ2n) is 4.60. The molecule has 108 valence electrons. The van der Waals surface area contributed by atoms with Gasteiger partial charge in [0.2, 0.25) is 0 Å². The van der Waals surface area contributed by atoms with Crippen LogP contribution in [0.2, 0.25) is 0 Å². The number of thiophene rings is 1. The van der Waals surface area contributed by atoms with Crippen molar-refractivity contribution in [1.29, 1.82) is 0 Å². The summed E-state index contributed by atoms with van der Waals surface area (Å²) in [7, 11) is 0. The van der Waals surface area contributed by atoms with E-state index in [1.54, 1.807) is 11.0 Å². The maximum absolute atomic E-state index is 12.6. The number of hydrogen-bond acceptors (Lipinski definition) is 4. The first-order valence-corrected chi connectivity index (χ1v) is 7.35. The van der Waals surface area contributed by atoms with Crippen LogP contribution in [0.15, 0.2) is 36.4 Å². The molecule has 1 amide bonds. The third-order valence-corrected chi connectivity index (χ3v) is 4.27. The van der Waals surface area contributed by atoms with E-state index in [0.717, 1.165) is 23.4 Å². The summed E-state index contributed by atoms with van der Waals surface area (Å²) in [4.78, 5) is 25.8.